The Labute approximate surface area is 119 Å². The first kappa shape index (κ1) is 15.8. The van der Waals surface area contributed by atoms with Crippen LogP contribution < -0.4 is 0 Å². The van der Waals surface area contributed by atoms with Crippen molar-refractivity contribution in [1.29, 1.82) is 0 Å². The monoisotopic (exact) mass is 304 g/mol. The topological polar surface area (TPSA) is 83.8 Å². The van der Waals surface area contributed by atoms with Crippen LogP contribution in [0.3, 0.4) is 0 Å². The van der Waals surface area contributed by atoms with Crippen LogP contribution in [0.2, 0.25) is 5.02 Å². The Balaban J connectivity index is 2.82. The van der Waals surface area contributed by atoms with Crippen LogP contribution in [0.4, 0.5) is 0 Å². The highest BCUT2D eigenvalue weighted by molar-refractivity contribution is 8.00. The van der Waals surface area contributed by atoms with E-state index >= 15 is 0 Å². The molecule has 2 N–H and O–H groups in total. The van der Waals surface area contributed by atoms with Crippen molar-refractivity contribution in [3.63, 3.8) is 0 Å². The molecule has 0 fully saturated rings. The lowest BCUT2D eigenvalue weighted by atomic mass is 10.1. The number of aliphatic carboxylic acids is 1. The molecule has 1 rings (SSSR count). The van der Waals surface area contributed by atoms with Gasteiger partial charge in [0.25, 0.3) is 0 Å². The molecule has 0 saturated heterocycles. The van der Waals surface area contributed by atoms with Gasteiger partial charge in [0, 0.05) is 15.5 Å². The average Bonchev–Trinajstić information content (AvgIpc) is 2.36. The van der Waals surface area contributed by atoms with Crippen molar-refractivity contribution in [2.75, 3.05) is 12.4 Å². The standard InChI is InChI=1S/C12H13ClO5S/c1-2-18-12(17)11(16)8-4-3-7(5-9(8)13)19-6-10(14)15/h3-5,11,16H,2,6H2,1H3,(H,14,15). The van der Waals surface area contributed by atoms with Crippen molar-refractivity contribution in [2.24, 2.45) is 0 Å². The van der Waals surface area contributed by atoms with Gasteiger partial charge < -0.3 is 14.9 Å². The molecule has 1 aromatic rings. The highest BCUT2D eigenvalue weighted by Crippen LogP contribution is 2.29. The molecule has 7 heteroatoms. The molecule has 1 atom stereocenters. The molecule has 104 valence electrons. The lowest BCUT2D eigenvalue weighted by Crippen LogP contribution is -2.15. The summed E-state index contributed by atoms with van der Waals surface area (Å²) >= 11 is 7.06. The fourth-order valence-corrected chi connectivity index (χ4v) is 2.32. The fraction of sp³-hybridized carbons (Fsp3) is 0.333. The first-order chi connectivity index (χ1) is 8.95. The molecule has 0 saturated carbocycles. The summed E-state index contributed by atoms with van der Waals surface area (Å²) in [7, 11) is 0. The Morgan fingerprint density at radius 2 is 2.16 bits per heavy atom. The lowest BCUT2D eigenvalue weighted by molar-refractivity contribution is -0.153. The molecule has 0 heterocycles. The SMILES string of the molecule is CCOC(=O)C(O)c1ccc(SCC(=O)O)cc1Cl. The minimum absolute atomic E-state index is 0.0872. The number of carbonyl (C=O) groups is 2. The van der Waals surface area contributed by atoms with E-state index in [0.717, 1.165) is 11.8 Å². The van der Waals surface area contributed by atoms with E-state index in [1.54, 1.807) is 13.0 Å². The maximum absolute atomic E-state index is 11.4. The first-order valence-corrected chi connectivity index (χ1v) is 6.80. The van der Waals surface area contributed by atoms with Crippen LogP contribution in [-0.4, -0.2) is 34.5 Å². The summed E-state index contributed by atoms with van der Waals surface area (Å²) in [5.41, 5.74) is 0.236. The van der Waals surface area contributed by atoms with Gasteiger partial charge in [-0.3, -0.25) is 4.79 Å². The Morgan fingerprint density at radius 1 is 1.47 bits per heavy atom. The molecule has 0 aliphatic heterocycles. The highest BCUT2D eigenvalue weighted by atomic mass is 35.5. The number of hydrogen-bond donors (Lipinski definition) is 2. The second-order valence-electron chi connectivity index (χ2n) is 3.52. The van der Waals surface area contributed by atoms with Crippen LogP contribution in [0.5, 0.6) is 0 Å². The molecule has 19 heavy (non-hydrogen) atoms. The van der Waals surface area contributed by atoms with Crippen LogP contribution in [0, 0.1) is 0 Å². The number of carbonyl (C=O) groups excluding carboxylic acids is 1. The van der Waals surface area contributed by atoms with Gasteiger partial charge in [-0.05, 0) is 19.1 Å². The summed E-state index contributed by atoms with van der Waals surface area (Å²) in [5, 5.41) is 18.5. The third-order valence-electron chi connectivity index (χ3n) is 2.14. The number of rotatable bonds is 6. The van der Waals surface area contributed by atoms with Crippen LogP contribution in [0.15, 0.2) is 23.1 Å². The van der Waals surface area contributed by atoms with Crippen molar-refractivity contribution in [2.45, 2.75) is 17.9 Å². The zero-order valence-electron chi connectivity index (χ0n) is 10.1. The van der Waals surface area contributed by atoms with Crippen LogP contribution >= 0.6 is 23.4 Å². The minimum atomic E-state index is -1.44. The normalized spacial score (nSPS) is 11.9. The number of esters is 1. The highest BCUT2D eigenvalue weighted by Gasteiger charge is 2.21. The minimum Gasteiger partial charge on any atom is -0.481 e. The number of aliphatic hydroxyl groups excluding tert-OH is 1. The maximum Gasteiger partial charge on any atom is 0.339 e. The molecule has 0 spiro atoms. The van der Waals surface area contributed by atoms with Gasteiger partial charge in [-0.15, -0.1) is 11.8 Å². The number of carboxylic acids is 1. The van der Waals surface area contributed by atoms with E-state index in [4.69, 9.17) is 21.4 Å². The quantitative estimate of drug-likeness (QED) is 0.618. The number of hydrogen-bond acceptors (Lipinski definition) is 5. The predicted molar refractivity (Wildman–Crippen MR) is 71.4 cm³/mol. The van der Waals surface area contributed by atoms with E-state index in [9.17, 15) is 14.7 Å². The molecule has 1 unspecified atom stereocenters. The Morgan fingerprint density at radius 3 is 2.68 bits per heavy atom. The van der Waals surface area contributed by atoms with Crippen molar-refractivity contribution < 1.29 is 24.5 Å². The zero-order valence-corrected chi connectivity index (χ0v) is 11.7. The number of halogens is 1. The van der Waals surface area contributed by atoms with Gasteiger partial charge in [-0.25, -0.2) is 4.79 Å². The number of thioether (sulfide) groups is 1. The maximum atomic E-state index is 11.4. The van der Waals surface area contributed by atoms with E-state index in [0.29, 0.717) is 4.90 Å². The summed E-state index contributed by atoms with van der Waals surface area (Å²) in [4.78, 5) is 22.5. The zero-order chi connectivity index (χ0) is 14.4. The molecular formula is C12H13ClO5S. The average molecular weight is 305 g/mol. The van der Waals surface area contributed by atoms with Crippen LogP contribution in [-0.2, 0) is 14.3 Å². The molecule has 5 nitrogen and oxygen atoms in total. The van der Waals surface area contributed by atoms with Crippen molar-refractivity contribution >= 4 is 35.3 Å². The van der Waals surface area contributed by atoms with E-state index in [1.807, 2.05) is 0 Å². The summed E-state index contributed by atoms with van der Waals surface area (Å²) in [6.45, 7) is 1.80. The van der Waals surface area contributed by atoms with Gasteiger partial charge in [0.1, 0.15) is 0 Å². The second-order valence-corrected chi connectivity index (χ2v) is 4.98. The Hall–Kier alpha value is -1.24. The molecule has 0 aliphatic rings. The molecule has 0 bridgehead atoms. The Kier molecular flexibility index (Phi) is 6.14. The third-order valence-corrected chi connectivity index (χ3v) is 3.44. The Bertz CT molecular complexity index is 477. The van der Waals surface area contributed by atoms with Crippen molar-refractivity contribution in [3.8, 4) is 0 Å². The molecular weight excluding hydrogens is 292 g/mol. The van der Waals surface area contributed by atoms with E-state index in [-0.39, 0.29) is 22.9 Å². The second kappa shape index (κ2) is 7.37. The van der Waals surface area contributed by atoms with Gasteiger partial charge in [0.2, 0.25) is 0 Å². The van der Waals surface area contributed by atoms with Crippen molar-refractivity contribution in [3.05, 3.63) is 28.8 Å². The van der Waals surface area contributed by atoms with E-state index < -0.39 is 18.0 Å². The summed E-state index contributed by atoms with van der Waals surface area (Å²) in [6, 6.07) is 4.58. The fourth-order valence-electron chi connectivity index (χ4n) is 1.31. The summed E-state index contributed by atoms with van der Waals surface area (Å²) in [5.74, 6) is -1.79. The van der Waals surface area contributed by atoms with Gasteiger partial charge >= 0.3 is 11.9 Å². The smallest absolute Gasteiger partial charge is 0.339 e. The number of carboxylic acid groups (broad SMARTS) is 1. The van der Waals surface area contributed by atoms with E-state index in [1.165, 1.54) is 12.1 Å². The molecule has 0 aliphatic carbocycles. The number of benzene rings is 1. The van der Waals surface area contributed by atoms with Crippen molar-refractivity contribution in [1.82, 2.24) is 0 Å². The van der Waals surface area contributed by atoms with Gasteiger partial charge in [-0.2, -0.15) is 0 Å². The predicted octanol–water partition coefficient (Wildman–Crippen LogP) is 2.11. The molecule has 0 amide bonds. The van der Waals surface area contributed by atoms with E-state index in [2.05, 4.69) is 0 Å². The van der Waals surface area contributed by atoms with Gasteiger partial charge in [0.15, 0.2) is 6.10 Å². The lowest BCUT2D eigenvalue weighted by Gasteiger charge is -2.12. The van der Waals surface area contributed by atoms with Gasteiger partial charge in [0.05, 0.1) is 12.4 Å². The molecule has 0 aromatic heterocycles. The van der Waals surface area contributed by atoms with Gasteiger partial charge in [-0.1, -0.05) is 17.7 Å². The number of ether oxygens (including phenoxy) is 1. The first-order valence-electron chi connectivity index (χ1n) is 5.44. The third kappa shape index (κ3) is 4.74. The molecule has 0 radical (unpaired) electrons. The van der Waals surface area contributed by atoms with Crippen LogP contribution in [0.25, 0.3) is 0 Å². The summed E-state index contributed by atoms with van der Waals surface area (Å²) in [6.07, 6.45) is -1.44. The largest absolute Gasteiger partial charge is 0.481 e. The molecule has 1 aromatic carbocycles. The number of aliphatic hydroxyl groups is 1. The van der Waals surface area contributed by atoms with Crippen LogP contribution in [0.1, 0.15) is 18.6 Å². The summed E-state index contributed by atoms with van der Waals surface area (Å²) < 4.78 is 4.69.